The number of rotatable bonds is 5. The molecule has 1 atom stereocenters. The van der Waals surface area contributed by atoms with E-state index < -0.39 is 11.0 Å². The molecule has 2 aliphatic rings. The Balaban J connectivity index is 1.95. The molecular weight excluding hydrogens is 314 g/mol. The number of quaternary nitrogens is 1. The van der Waals surface area contributed by atoms with Gasteiger partial charge in [0.1, 0.15) is 5.60 Å². The van der Waals surface area contributed by atoms with Gasteiger partial charge < -0.3 is 5.21 Å². The molecule has 0 aromatic heterocycles. The maximum Gasteiger partial charge on any atom is 0.202 e. The van der Waals surface area contributed by atoms with Gasteiger partial charge in [-0.2, -0.15) is 4.84 Å². The molecule has 1 N–H and O–H groups in total. The van der Waals surface area contributed by atoms with Gasteiger partial charge in [-0.25, -0.2) is 0 Å². The van der Waals surface area contributed by atoms with Crippen molar-refractivity contribution >= 4 is 0 Å². The van der Waals surface area contributed by atoms with Crippen LogP contribution in [-0.2, 0) is 4.84 Å². The molecule has 2 aliphatic carbocycles. The molecule has 0 aliphatic heterocycles. The minimum atomic E-state index is -0.574. The molecule has 0 radical (unpaired) electrons. The van der Waals surface area contributed by atoms with Gasteiger partial charge in [0.25, 0.3) is 0 Å². The first-order chi connectivity index (χ1) is 11.8. The van der Waals surface area contributed by atoms with E-state index in [1.807, 2.05) is 20.8 Å². The van der Waals surface area contributed by atoms with Crippen molar-refractivity contribution in [2.75, 3.05) is 0 Å². The fraction of sp³-hybridized carbons (Fsp3) is 0.714. The van der Waals surface area contributed by atoms with E-state index in [4.69, 9.17) is 9.68 Å². The molecule has 25 heavy (non-hydrogen) atoms. The summed E-state index contributed by atoms with van der Waals surface area (Å²) in [5.74, 6) is 1.83. The highest BCUT2D eigenvalue weighted by Gasteiger charge is 2.30. The van der Waals surface area contributed by atoms with E-state index >= 15 is 0 Å². The molecule has 0 spiro atoms. The second-order valence-corrected chi connectivity index (χ2v) is 8.80. The van der Waals surface area contributed by atoms with Gasteiger partial charge in [0.15, 0.2) is 0 Å². The number of hydrogen-bond acceptors (Lipinski definition) is 3. The molecule has 1 aromatic carbocycles. The van der Waals surface area contributed by atoms with E-state index in [9.17, 15) is 5.21 Å². The van der Waals surface area contributed by atoms with Crippen LogP contribution < -0.4 is 10.2 Å². The quantitative estimate of drug-likeness (QED) is 0.784. The number of aryl methyl sites for hydroxylation is 1. The zero-order chi connectivity index (χ0) is 18.0. The topological polar surface area (TPSA) is 46.0 Å². The standard InChI is InChI=1S/C21H33NO3/c1-15-13-18(16-9-5-6-10-16)20(24-22(23)25-21(2,3)4)19(14-15)17-11-7-8-12-17/h13-14,16-17,22H,5-12H2,1-4H3. The summed E-state index contributed by atoms with van der Waals surface area (Å²) in [7, 11) is 0. The summed E-state index contributed by atoms with van der Waals surface area (Å²) in [4.78, 5) is 11.3. The van der Waals surface area contributed by atoms with Crippen molar-refractivity contribution in [1.82, 2.24) is 0 Å². The third-order valence-electron chi connectivity index (χ3n) is 5.46. The van der Waals surface area contributed by atoms with E-state index in [0.29, 0.717) is 11.8 Å². The molecule has 0 heterocycles. The van der Waals surface area contributed by atoms with E-state index in [1.165, 1.54) is 68.1 Å². The van der Waals surface area contributed by atoms with Crippen molar-refractivity contribution < 1.29 is 15.1 Å². The van der Waals surface area contributed by atoms with Crippen LogP contribution in [0.3, 0.4) is 0 Å². The van der Waals surface area contributed by atoms with Crippen molar-refractivity contribution in [3.05, 3.63) is 34.0 Å². The lowest BCUT2D eigenvalue weighted by atomic mass is 9.87. The Hall–Kier alpha value is -1.10. The molecule has 3 rings (SSSR count). The summed E-state index contributed by atoms with van der Waals surface area (Å²) < 4.78 is 0. The minimum Gasteiger partial charge on any atom is -0.556 e. The summed E-state index contributed by atoms with van der Waals surface area (Å²) in [6.07, 6.45) is 9.84. The van der Waals surface area contributed by atoms with Crippen molar-refractivity contribution in [3.8, 4) is 5.75 Å². The lowest BCUT2D eigenvalue weighted by Gasteiger charge is -2.29. The molecule has 2 saturated carbocycles. The fourth-order valence-corrected chi connectivity index (χ4v) is 4.38. The Labute approximate surface area is 152 Å². The monoisotopic (exact) mass is 347 g/mol. The minimum absolute atomic E-state index is 0.512. The van der Waals surface area contributed by atoms with Crippen LogP contribution in [-0.4, -0.2) is 5.60 Å². The van der Waals surface area contributed by atoms with Gasteiger partial charge in [0.2, 0.25) is 5.75 Å². The highest BCUT2D eigenvalue weighted by atomic mass is 17.1. The van der Waals surface area contributed by atoms with E-state index in [2.05, 4.69) is 19.1 Å². The molecular formula is C21H33NO3. The van der Waals surface area contributed by atoms with E-state index in [0.717, 1.165) is 5.75 Å². The Bertz CT molecular complexity index is 544. The van der Waals surface area contributed by atoms with Crippen LogP contribution >= 0.6 is 0 Å². The first kappa shape index (κ1) is 18.7. The van der Waals surface area contributed by atoms with Crippen LogP contribution in [0.4, 0.5) is 0 Å². The van der Waals surface area contributed by atoms with Crippen molar-refractivity contribution in [2.24, 2.45) is 0 Å². The third-order valence-corrected chi connectivity index (χ3v) is 5.46. The lowest BCUT2D eigenvalue weighted by Crippen LogP contribution is -3.09. The van der Waals surface area contributed by atoms with Crippen LogP contribution in [0.5, 0.6) is 5.75 Å². The number of hydrogen-bond donors (Lipinski definition) is 1. The highest BCUT2D eigenvalue weighted by molar-refractivity contribution is 5.48. The van der Waals surface area contributed by atoms with Crippen LogP contribution in [0.25, 0.3) is 0 Å². The van der Waals surface area contributed by atoms with Gasteiger partial charge in [-0.05, 0) is 70.6 Å². The second-order valence-electron chi connectivity index (χ2n) is 8.80. The lowest BCUT2D eigenvalue weighted by molar-refractivity contribution is -1.19. The summed E-state index contributed by atoms with van der Waals surface area (Å²) in [6, 6.07) is 4.46. The third kappa shape index (κ3) is 4.75. The summed E-state index contributed by atoms with van der Waals surface area (Å²) in [5.41, 5.74) is 3.19. The maximum absolute atomic E-state index is 12.4. The molecule has 4 nitrogen and oxygen atoms in total. The van der Waals surface area contributed by atoms with Gasteiger partial charge in [-0.15, -0.1) is 0 Å². The molecule has 4 heteroatoms. The Morgan fingerprint density at radius 2 is 1.36 bits per heavy atom. The summed E-state index contributed by atoms with van der Waals surface area (Å²) in [6.45, 7) is 7.78. The predicted molar refractivity (Wildman–Crippen MR) is 99.4 cm³/mol. The summed E-state index contributed by atoms with van der Waals surface area (Å²) in [5, 5.41) is 11.8. The van der Waals surface area contributed by atoms with Crippen molar-refractivity contribution in [2.45, 2.75) is 96.5 Å². The largest absolute Gasteiger partial charge is 0.556 e. The van der Waals surface area contributed by atoms with Gasteiger partial charge >= 0.3 is 0 Å². The normalized spacial score (nSPS) is 21.0. The molecule has 0 bridgehead atoms. The molecule has 1 unspecified atom stereocenters. The SMILES string of the molecule is Cc1cc(C2CCCC2)c(O[NH+]([O-])OC(C)(C)C)c(C2CCCC2)c1. The average molecular weight is 347 g/mol. The molecule has 2 fully saturated rings. The molecule has 140 valence electrons. The van der Waals surface area contributed by atoms with Crippen LogP contribution in [0, 0.1) is 12.1 Å². The van der Waals surface area contributed by atoms with E-state index in [-0.39, 0.29) is 0 Å². The zero-order valence-electron chi connectivity index (χ0n) is 16.2. The smallest absolute Gasteiger partial charge is 0.202 e. The zero-order valence-corrected chi connectivity index (χ0v) is 16.2. The van der Waals surface area contributed by atoms with Gasteiger partial charge in [0.05, 0.1) is 0 Å². The number of benzene rings is 1. The predicted octanol–water partition coefficient (Wildman–Crippen LogP) is 4.72. The van der Waals surface area contributed by atoms with Crippen molar-refractivity contribution in [3.63, 3.8) is 0 Å². The van der Waals surface area contributed by atoms with Crippen LogP contribution in [0.15, 0.2) is 12.1 Å². The average Bonchev–Trinajstić information content (AvgIpc) is 3.19. The Morgan fingerprint density at radius 1 is 0.920 bits per heavy atom. The maximum atomic E-state index is 12.4. The van der Waals surface area contributed by atoms with Crippen molar-refractivity contribution in [1.29, 1.82) is 0 Å². The van der Waals surface area contributed by atoms with Gasteiger partial charge in [-0.3, -0.25) is 4.84 Å². The Morgan fingerprint density at radius 3 is 1.76 bits per heavy atom. The second kappa shape index (κ2) is 7.65. The molecule has 0 saturated heterocycles. The first-order valence-electron chi connectivity index (χ1n) is 9.89. The Kier molecular flexibility index (Phi) is 5.71. The number of nitrogens with one attached hydrogen (secondary N) is 1. The summed E-state index contributed by atoms with van der Waals surface area (Å²) >= 11 is 0. The van der Waals surface area contributed by atoms with Crippen LogP contribution in [0.1, 0.15) is 101 Å². The highest BCUT2D eigenvalue weighted by Crippen LogP contribution is 2.45. The van der Waals surface area contributed by atoms with E-state index in [1.54, 1.807) is 0 Å². The fourth-order valence-electron chi connectivity index (χ4n) is 4.38. The van der Waals surface area contributed by atoms with Gasteiger partial charge in [-0.1, -0.05) is 43.4 Å². The first-order valence-corrected chi connectivity index (χ1v) is 9.89. The molecule has 0 amide bonds. The van der Waals surface area contributed by atoms with Crippen LogP contribution in [0.2, 0.25) is 0 Å². The van der Waals surface area contributed by atoms with Gasteiger partial charge in [0, 0.05) is 11.1 Å². The molecule has 1 aromatic rings.